The quantitative estimate of drug-likeness (QED) is 0.0783. The number of aryl methyl sites for hydroxylation is 1. The van der Waals surface area contributed by atoms with Crippen molar-refractivity contribution in [3.05, 3.63) is 117 Å². The Hall–Kier alpha value is -4.63. The maximum Gasteiger partial charge on any atom is 0.220 e. The average Bonchev–Trinajstić information content (AvgIpc) is 3.55. The van der Waals surface area contributed by atoms with Gasteiger partial charge in [0.05, 0.1) is 38.3 Å². The molecule has 4 heterocycles. The molecule has 10 nitrogen and oxygen atoms in total. The van der Waals surface area contributed by atoms with E-state index in [9.17, 15) is 12.8 Å². The van der Waals surface area contributed by atoms with Crippen molar-refractivity contribution >= 4 is 64.8 Å². The number of hydrogen-bond donors (Lipinski definition) is 2. The number of ether oxygens (including phenoxy) is 1. The van der Waals surface area contributed by atoms with Crippen LogP contribution in [0.1, 0.15) is 22.7 Å². The van der Waals surface area contributed by atoms with Crippen LogP contribution in [0.15, 0.2) is 95.3 Å². The van der Waals surface area contributed by atoms with E-state index in [-0.39, 0.29) is 23.8 Å². The maximum absolute atomic E-state index is 13.5. The summed E-state index contributed by atoms with van der Waals surface area (Å²) in [7, 11) is -2.35. The Bertz CT molecular complexity index is 2160. The predicted octanol–water partition coefficient (Wildman–Crippen LogP) is 6.39. The molecule has 14 heteroatoms. The zero-order valence-corrected chi connectivity index (χ0v) is 27.9. The average molecular weight is 733 g/mol. The fourth-order valence-electron chi connectivity index (χ4n) is 4.69. The number of nitrogens with zero attached hydrogens (tertiary/aromatic N) is 5. The summed E-state index contributed by atoms with van der Waals surface area (Å²) < 4.78 is 43.4. The Morgan fingerprint density at radius 1 is 0.979 bits per heavy atom. The fourth-order valence-corrected chi connectivity index (χ4v) is 6.53. The summed E-state index contributed by atoms with van der Waals surface area (Å²) in [5.74, 6) is 0.936. The second kappa shape index (κ2) is 15.3. The van der Waals surface area contributed by atoms with E-state index in [2.05, 4.69) is 46.5 Å². The van der Waals surface area contributed by atoms with Gasteiger partial charge in [-0.05, 0) is 83.0 Å². The molecule has 0 bridgehead atoms. The molecule has 6 aromatic rings. The highest BCUT2D eigenvalue weighted by Gasteiger charge is 2.12. The van der Waals surface area contributed by atoms with Gasteiger partial charge in [-0.15, -0.1) is 11.3 Å². The molecule has 0 aliphatic rings. The summed E-state index contributed by atoms with van der Waals surface area (Å²) >= 11 is 5.12. The van der Waals surface area contributed by atoms with Crippen LogP contribution in [0.5, 0.6) is 5.75 Å². The van der Waals surface area contributed by atoms with E-state index in [0.717, 1.165) is 44.7 Å². The minimum absolute atomic E-state index is 0.209. The van der Waals surface area contributed by atoms with Gasteiger partial charge in [-0.2, -0.15) is 8.42 Å². The van der Waals surface area contributed by atoms with Crippen LogP contribution in [0.25, 0.3) is 22.3 Å². The third-order valence-electron chi connectivity index (χ3n) is 7.00. The van der Waals surface area contributed by atoms with E-state index in [1.54, 1.807) is 48.0 Å². The third kappa shape index (κ3) is 8.40. The highest BCUT2D eigenvalue weighted by Crippen LogP contribution is 2.32. The van der Waals surface area contributed by atoms with E-state index >= 15 is 0 Å². The Morgan fingerprint density at radius 3 is 2.70 bits per heavy atom. The molecule has 2 aromatic carbocycles. The lowest BCUT2D eigenvalue weighted by Crippen LogP contribution is -2.26. The van der Waals surface area contributed by atoms with Crippen LogP contribution in [0.4, 0.5) is 15.9 Å². The number of rotatable bonds is 13. The van der Waals surface area contributed by atoms with Crippen LogP contribution in [-0.4, -0.2) is 51.3 Å². The van der Waals surface area contributed by atoms with Crippen molar-refractivity contribution in [2.75, 3.05) is 18.4 Å². The van der Waals surface area contributed by atoms with Crippen molar-refractivity contribution in [2.45, 2.75) is 19.4 Å². The zero-order valence-electron chi connectivity index (χ0n) is 24.7. The van der Waals surface area contributed by atoms with Gasteiger partial charge in [0.2, 0.25) is 10.3 Å². The van der Waals surface area contributed by atoms with Gasteiger partial charge in [0.25, 0.3) is 0 Å². The number of pyridine rings is 2. The van der Waals surface area contributed by atoms with Crippen molar-refractivity contribution in [3.8, 4) is 17.1 Å². The van der Waals surface area contributed by atoms with Crippen LogP contribution in [0.2, 0.25) is 0 Å². The van der Waals surface area contributed by atoms with Gasteiger partial charge in [0.15, 0.2) is 0 Å². The molecule has 238 valence electrons. The molecule has 2 N–H and O–H groups in total. The van der Waals surface area contributed by atoms with E-state index in [0.29, 0.717) is 35.0 Å². The Kier molecular flexibility index (Phi) is 10.5. The molecule has 0 aliphatic heterocycles. The number of benzene rings is 2. The van der Waals surface area contributed by atoms with E-state index in [4.69, 9.17) is 9.72 Å². The van der Waals surface area contributed by atoms with Crippen LogP contribution in [0, 0.1) is 5.82 Å². The van der Waals surface area contributed by atoms with Gasteiger partial charge in [-0.3, -0.25) is 9.97 Å². The number of anilines is 2. The molecule has 0 saturated heterocycles. The second-order valence-electron chi connectivity index (χ2n) is 10.3. The lowest BCUT2D eigenvalue weighted by atomic mass is 10.2. The van der Waals surface area contributed by atoms with Crippen molar-refractivity contribution in [2.24, 2.45) is 0 Å². The smallest absolute Gasteiger partial charge is 0.220 e. The van der Waals surface area contributed by atoms with E-state index < -0.39 is 10.3 Å². The minimum Gasteiger partial charge on any atom is -0.488 e. The van der Waals surface area contributed by atoms with Gasteiger partial charge in [-0.25, -0.2) is 19.3 Å². The van der Waals surface area contributed by atoms with Crippen molar-refractivity contribution in [1.29, 1.82) is 0 Å². The summed E-state index contributed by atoms with van der Waals surface area (Å²) in [6.07, 6.45) is 6.28. The molecule has 0 fully saturated rings. The molecule has 47 heavy (non-hydrogen) atoms. The largest absolute Gasteiger partial charge is 0.488 e. The van der Waals surface area contributed by atoms with Gasteiger partial charge in [0.1, 0.15) is 35.2 Å². The molecule has 0 spiro atoms. The summed E-state index contributed by atoms with van der Waals surface area (Å²) in [5.41, 5.74) is 4.10. The Labute approximate surface area is 283 Å². The fraction of sp³-hybridized carbons (Fsp3) is 0.152. The number of hydrogen-bond acceptors (Lipinski definition) is 11. The Balaban J connectivity index is 1.08. The Morgan fingerprint density at radius 2 is 1.89 bits per heavy atom. The third-order valence-corrected chi connectivity index (χ3v) is 9.28. The van der Waals surface area contributed by atoms with Crippen molar-refractivity contribution < 1.29 is 17.5 Å². The molecular weight excluding hydrogens is 705 g/mol. The summed E-state index contributed by atoms with van der Waals surface area (Å²) in [5, 5.41) is 10.3. The van der Waals surface area contributed by atoms with Crippen LogP contribution < -0.4 is 15.4 Å². The molecule has 0 amide bonds. The molecule has 0 radical (unpaired) electrons. The van der Waals surface area contributed by atoms with Crippen LogP contribution in [0.3, 0.4) is 0 Å². The second-order valence-corrected chi connectivity index (χ2v) is 13.0. The molecule has 0 aliphatic carbocycles. The number of fused-ring (bicyclic) bond motifs is 1. The number of aromatic nitrogens is 5. The summed E-state index contributed by atoms with van der Waals surface area (Å²) in [4.78, 5) is 22.6. The maximum atomic E-state index is 13.5. The van der Waals surface area contributed by atoms with Crippen molar-refractivity contribution in [3.63, 3.8) is 0 Å². The molecule has 0 atom stereocenters. The van der Waals surface area contributed by atoms with Crippen LogP contribution in [-0.2, 0) is 23.3 Å². The van der Waals surface area contributed by atoms with Crippen molar-refractivity contribution in [1.82, 2.24) is 30.2 Å². The normalized spacial score (nSPS) is 11.0. The van der Waals surface area contributed by atoms with E-state index in [1.165, 1.54) is 18.5 Å². The standard InChI is InChI=1S/C33H27BrFN7O3S2/c34-25-14-23(9-10-30(25)45-18-21-5-3-6-22(35)13-21)41-33-24-15-27(38-16-28(24)39-20-40-33)29-19-46-32(42-29)8-4-11-36-17-31(47(43)44)26-7-1-2-12-37-26/h1-3,5-7,9-10,12-16,19-20,36H,4,8,11,17-18H2,(H,39,40,41). The molecule has 6 rings (SSSR count). The minimum atomic E-state index is -2.35. The topological polar surface area (TPSA) is 132 Å². The zero-order chi connectivity index (χ0) is 32.6. The van der Waals surface area contributed by atoms with Gasteiger partial charge < -0.3 is 15.4 Å². The van der Waals surface area contributed by atoms with E-state index in [1.807, 2.05) is 35.7 Å². The molecule has 0 unspecified atom stereocenters. The molecule has 4 aromatic heterocycles. The SMILES string of the molecule is O=S(=O)=C(CNCCCc1nc(-c2cc3c(Nc4ccc(OCc5cccc(F)c5)c(Br)c4)ncnc3cn2)cs1)c1ccccn1. The first-order chi connectivity index (χ1) is 22.9. The molecule has 0 saturated carbocycles. The van der Waals surface area contributed by atoms with Crippen LogP contribution >= 0.6 is 27.3 Å². The summed E-state index contributed by atoms with van der Waals surface area (Å²) in [6.45, 7) is 1.07. The highest BCUT2D eigenvalue weighted by atomic mass is 79.9. The highest BCUT2D eigenvalue weighted by molar-refractivity contribution is 9.10. The first kappa shape index (κ1) is 32.3. The number of thiazole rings is 1. The lowest BCUT2D eigenvalue weighted by molar-refractivity contribution is 0.303. The van der Waals surface area contributed by atoms with Gasteiger partial charge in [-0.1, -0.05) is 18.2 Å². The monoisotopic (exact) mass is 731 g/mol. The predicted molar refractivity (Wildman–Crippen MR) is 185 cm³/mol. The first-order valence-electron chi connectivity index (χ1n) is 14.5. The molecular formula is C33H27BrFN7O3S2. The number of halogens is 2. The summed E-state index contributed by atoms with van der Waals surface area (Å²) in [6, 6.07) is 19.0. The lowest BCUT2D eigenvalue weighted by Gasteiger charge is -2.12. The first-order valence-corrected chi connectivity index (χ1v) is 17.2. The number of nitrogens with one attached hydrogen (secondary N) is 2. The van der Waals surface area contributed by atoms with Gasteiger partial charge >= 0.3 is 0 Å². The van der Waals surface area contributed by atoms with Gasteiger partial charge in [0, 0.05) is 35.6 Å².